The molecular formula is C10H13ClN2O2. The zero-order chi connectivity index (χ0) is 10.7. The van der Waals surface area contributed by atoms with E-state index in [4.69, 9.17) is 16.0 Å². The molecule has 0 spiro atoms. The number of likely N-dealkylation sites (tertiary alicyclic amines) is 1. The molecule has 1 fully saturated rings. The van der Waals surface area contributed by atoms with Gasteiger partial charge in [-0.25, -0.2) is 4.98 Å². The molecule has 1 aromatic heterocycles. The molecule has 1 atom stereocenters. The number of carbonyl (C=O) groups excluding carboxylic acids is 1. The smallest absolute Gasteiger partial charge is 0.222 e. The second kappa shape index (κ2) is 4.66. The number of hydrogen-bond donors (Lipinski definition) is 0. The maximum Gasteiger partial charge on any atom is 0.222 e. The lowest BCUT2D eigenvalue weighted by Gasteiger charge is -2.14. The molecule has 1 aliphatic rings. The van der Waals surface area contributed by atoms with E-state index >= 15 is 0 Å². The molecule has 1 amide bonds. The van der Waals surface area contributed by atoms with Crippen molar-refractivity contribution < 1.29 is 9.21 Å². The van der Waals surface area contributed by atoms with Crippen LogP contribution in [0.3, 0.4) is 0 Å². The monoisotopic (exact) mass is 228 g/mol. The second-order valence-corrected chi connectivity index (χ2v) is 4.09. The lowest BCUT2D eigenvalue weighted by Crippen LogP contribution is -2.27. The van der Waals surface area contributed by atoms with E-state index in [1.165, 1.54) is 6.39 Å². The van der Waals surface area contributed by atoms with E-state index in [1.54, 1.807) is 6.20 Å². The van der Waals surface area contributed by atoms with Gasteiger partial charge in [-0.2, -0.15) is 0 Å². The Hall–Kier alpha value is -1.03. The van der Waals surface area contributed by atoms with Crippen LogP contribution in [0.25, 0.3) is 0 Å². The van der Waals surface area contributed by atoms with Crippen molar-refractivity contribution in [1.82, 2.24) is 9.88 Å². The number of carbonyl (C=O) groups is 1. The third-order valence-electron chi connectivity index (χ3n) is 2.62. The molecule has 0 bridgehead atoms. The Labute approximate surface area is 93.2 Å². The predicted molar refractivity (Wildman–Crippen MR) is 55.6 cm³/mol. The molecule has 0 radical (unpaired) electrons. The Kier molecular flexibility index (Phi) is 3.26. The fourth-order valence-electron chi connectivity index (χ4n) is 1.78. The van der Waals surface area contributed by atoms with Gasteiger partial charge in [-0.05, 0) is 5.92 Å². The van der Waals surface area contributed by atoms with Gasteiger partial charge in [0.2, 0.25) is 5.91 Å². The molecule has 5 heteroatoms. The average Bonchev–Trinajstić information content (AvgIpc) is 2.84. The fraction of sp³-hybridized carbons (Fsp3) is 0.600. The van der Waals surface area contributed by atoms with Gasteiger partial charge in [0.1, 0.15) is 5.76 Å². The molecule has 1 aromatic rings. The molecule has 4 nitrogen and oxygen atoms in total. The highest BCUT2D eigenvalue weighted by molar-refractivity contribution is 6.18. The van der Waals surface area contributed by atoms with Gasteiger partial charge in [0, 0.05) is 31.8 Å². The van der Waals surface area contributed by atoms with E-state index in [2.05, 4.69) is 4.98 Å². The minimum Gasteiger partial charge on any atom is -0.448 e. The number of oxazole rings is 1. The van der Waals surface area contributed by atoms with Crippen LogP contribution in [0.2, 0.25) is 0 Å². The summed E-state index contributed by atoms with van der Waals surface area (Å²) in [6.45, 7) is 1.47. The minimum absolute atomic E-state index is 0.195. The van der Waals surface area contributed by atoms with Crippen molar-refractivity contribution in [1.29, 1.82) is 0 Å². The molecule has 15 heavy (non-hydrogen) atoms. The number of rotatable bonds is 4. The number of hydrogen-bond acceptors (Lipinski definition) is 3. The summed E-state index contributed by atoms with van der Waals surface area (Å²) in [5.74, 6) is 1.89. The van der Waals surface area contributed by atoms with E-state index in [1.807, 2.05) is 4.90 Å². The summed E-state index contributed by atoms with van der Waals surface area (Å²) in [5.41, 5.74) is 0. The SMILES string of the molecule is O=C1CC(CCl)CN1CCc1cnco1. The van der Waals surface area contributed by atoms with Gasteiger partial charge < -0.3 is 9.32 Å². The van der Waals surface area contributed by atoms with Crippen LogP contribution in [0.4, 0.5) is 0 Å². The van der Waals surface area contributed by atoms with E-state index in [9.17, 15) is 4.79 Å². The van der Waals surface area contributed by atoms with E-state index in [0.717, 1.165) is 18.7 Å². The lowest BCUT2D eigenvalue weighted by molar-refractivity contribution is -0.127. The first-order chi connectivity index (χ1) is 7.29. The van der Waals surface area contributed by atoms with Gasteiger partial charge in [0.15, 0.2) is 6.39 Å². The maximum atomic E-state index is 11.5. The number of nitrogens with zero attached hydrogens (tertiary/aromatic N) is 2. The van der Waals surface area contributed by atoms with Crippen molar-refractivity contribution in [3.8, 4) is 0 Å². The highest BCUT2D eigenvalue weighted by Crippen LogP contribution is 2.19. The molecular weight excluding hydrogens is 216 g/mol. The Balaban J connectivity index is 1.83. The van der Waals surface area contributed by atoms with Crippen LogP contribution in [0.5, 0.6) is 0 Å². The highest BCUT2D eigenvalue weighted by Gasteiger charge is 2.28. The Morgan fingerprint density at radius 1 is 1.67 bits per heavy atom. The summed E-state index contributed by atoms with van der Waals surface area (Å²) in [6, 6.07) is 0. The van der Waals surface area contributed by atoms with Crippen LogP contribution in [0, 0.1) is 5.92 Å². The number of aromatic nitrogens is 1. The summed E-state index contributed by atoms with van der Waals surface area (Å²) in [5, 5.41) is 0. The largest absolute Gasteiger partial charge is 0.448 e. The Bertz CT molecular complexity index is 326. The zero-order valence-corrected chi connectivity index (χ0v) is 9.11. The van der Waals surface area contributed by atoms with E-state index in [-0.39, 0.29) is 5.91 Å². The van der Waals surface area contributed by atoms with Crippen LogP contribution >= 0.6 is 11.6 Å². The number of alkyl halides is 1. The molecule has 0 aromatic carbocycles. The van der Waals surface area contributed by atoms with Gasteiger partial charge in [0.05, 0.1) is 6.20 Å². The van der Waals surface area contributed by atoms with Crippen molar-refractivity contribution in [2.75, 3.05) is 19.0 Å². The molecule has 2 heterocycles. The Morgan fingerprint density at radius 3 is 3.13 bits per heavy atom. The standard InChI is InChI=1S/C10H13ClN2O2/c11-4-8-3-10(14)13(6-8)2-1-9-5-12-7-15-9/h5,7-8H,1-4,6H2. The zero-order valence-electron chi connectivity index (χ0n) is 8.36. The van der Waals surface area contributed by atoms with Crippen LogP contribution < -0.4 is 0 Å². The summed E-state index contributed by atoms with van der Waals surface area (Å²) in [6.07, 6.45) is 4.39. The average molecular weight is 229 g/mol. The molecule has 1 saturated heterocycles. The lowest BCUT2D eigenvalue weighted by atomic mass is 10.1. The van der Waals surface area contributed by atoms with Crippen LogP contribution in [0.1, 0.15) is 12.2 Å². The third kappa shape index (κ3) is 2.50. The third-order valence-corrected chi connectivity index (χ3v) is 3.06. The topological polar surface area (TPSA) is 46.3 Å². The summed E-state index contributed by atoms with van der Waals surface area (Å²) in [7, 11) is 0. The normalized spacial score (nSPS) is 21.3. The Morgan fingerprint density at radius 2 is 2.53 bits per heavy atom. The first kappa shape index (κ1) is 10.5. The molecule has 0 saturated carbocycles. The van der Waals surface area contributed by atoms with Crippen molar-refractivity contribution in [3.05, 3.63) is 18.4 Å². The molecule has 2 rings (SSSR count). The fourth-order valence-corrected chi connectivity index (χ4v) is 1.99. The summed E-state index contributed by atoms with van der Waals surface area (Å²) < 4.78 is 5.11. The van der Waals surface area contributed by atoms with E-state index < -0.39 is 0 Å². The summed E-state index contributed by atoms with van der Waals surface area (Å²) in [4.78, 5) is 17.2. The van der Waals surface area contributed by atoms with Gasteiger partial charge in [-0.1, -0.05) is 0 Å². The highest BCUT2D eigenvalue weighted by atomic mass is 35.5. The van der Waals surface area contributed by atoms with Crippen LogP contribution in [-0.4, -0.2) is 34.8 Å². The van der Waals surface area contributed by atoms with Gasteiger partial charge in [-0.15, -0.1) is 11.6 Å². The molecule has 1 aliphatic heterocycles. The first-order valence-corrected chi connectivity index (χ1v) is 5.54. The first-order valence-electron chi connectivity index (χ1n) is 5.00. The minimum atomic E-state index is 0.195. The maximum absolute atomic E-state index is 11.5. The van der Waals surface area contributed by atoms with Gasteiger partial charge in [0.25, 0.3) is 0 Å². The predicted octanol–water partition coefficient (Wildman–Crippen LogP) is 1.30. The van der Waals surface area contributed by atoms with Crippen LogP contribution in [0.15, 0.2) is 17.0 Å². The number of halogens is 1. The molecule has 1 unspecified atom stereocenters. The van der Waals surface area contributed by atoms with Crippen molar-refractivity contribution in [2.45, 2.75) is 12.8 Å². The number of amides is 1. The van der Waals surface area contributed by atoms with E-state index in [0.29, 0.717) is 24.8 Å². The van der Waals surface area contributed by atoms with Gasteiger partial charge in [-0.3, -0.25) is 4.79 Å². The van der Waals surface area contributed by atoms with Crippen LogP contribution in [-0.2, 0) is 11.2 Å². The second-order valence-electron chi connectivity index (χ2n) is 3.78. The molecule has 82 valence electrons. The molecule has 0 N–H and O–H groups in total. The molecule has 0 aliphatic carbocycles. The van der Waals surface area contributed by atoms with Crippen molar-refractivity contribution in [3.63, 3.8) is 0 Å². The summed E-state index contributed by atoms with van der Waals surface area (Å²) >= 11 is 5.73. The van der Waals surface area contributed by atoms with Crippen molar-refractivity contribution >= 4 is 17.5 Å². The van der Waals surface area contributed by atoms with Gasteiger partial charge >= 0.3 is 0 Å². The quantitative estimate of drug-likeness (QED) is 0.730. The van der Waals surface area contributed by atoms with Crippen molar-refractivity contribution in [2.24, 2.45) is 5.92 Å².